The Morgan fingerprint density at radius 1 is 0.871 bits per heavy atom. The van der Waals surface area contributed by atoms with Crippen LogP contribution < -0.4 is 4.74 Å². The van der Waals surface area contributed by atoms with E-state index in [2.05, 4.69) is 6.07 Å². The van der Waals surface area contributed by atoms with Gasteiger partial charge < -0.3 is 14.4 Å². The molecule has 5 heteroatoms. The number of amides is 1. The van der Waals surface area contributed by atoms with Gasteiger partial charge in [-0.3, -0.25) is 4.79 Å². The average Bonchev–Trinajstić information content (AvgIpc) is 2.78. The fourth-order valence-electron chi connectivity index (χ4n) is 3.21. The highest BCUT2D eigenvalue weighted by atomic mass is 16.5. The van der Waals surface area contributed by atoms with E-state index in [9.17, 15) is 9.59 Å². The van der Waals surface area contributed by atoms with E-state index in [-0.39, 0.29) is 19.1 Å². The fraction of sp³-hybridized carbons (Fsp3) is 0.231. The van der Waals surface area contributed by atoms with Crippen molar-refractivity contribution in [2.24, 2.45) is 0 Å². The van der Waals surface area contributed by atoms with Crippen LogP contribution in [-0.2, 0) is 22.7 Å². The monoisotopic (exact) mass is 417 g/mol. The van der Waals surface area contributed by atoms with E-state index < -0.39 is 5.97 Å². The number of aryl methyl sites for hydroxylation is 2. The Balaban J connectivity index is 1.57. The molecular weight excluding hydrogens is 390 g/mol. The standard InChI is InChI=1S/C26H27NO4/c1-19-13-14-21(20(2)15-19)16-27(3)25(28)18-31-26(29)24-12-8-7-9-22(24)17-30-23-10-5-4-6-11-23/h4-15H,16-18H2,1-3H3. The summed E-state index contributed by atoms with van der Waals surface area (Å²) in [4.78, 5) is 26.7. The molecule has 0 aliphatic carbocycles. The number of benzene rings is 3. The van der Waals surface area contributed by atoms with Gasteiger partial charge in [0.1, 0.15) is 12.4 Å². The summed E-state index contributed by atoms with van der Waals surface area (Å²) in [6.07, 6.45) is 0. The zero-order valence-corrected chi connectivity index (χ0v) is 18.1. The first-order valence-corrected chi connectivity index (χ1v) is 10.2. The number of nitrogens with zero attached hydrogens (tertiary/aromatic N) is 1. The molecule has 1 amide bonds. The third-order valence-electron chi connectivity index (χ3n) is 5.03. The topological polar surface area (TPSA) is 55.8 Å². The summed E-state index contributed by atoms with van der Waals surface area (Å²) in [5.41, 5.74) is 4.47. The highest BCUT2D eigenvalue weighted by molar-refractivity contribution is 5.92. The predicted octanol–water partition coefficient (Wildman–Crippen LogP) is 4.70. The molecule has 0 fully saturated rings. The molecule has 5 nitrogen and oxygen atoms in total. The van der Waals surface area contributed by atoms with Gasteiger partial charge in [-0.05, 0) is 43.2 Å². The molecule has 0 aliphatic heterocycles. The van der Waals surface area contributed by atoms with Crippen LogP contribution in [-0.4, -0.2) is 30.4 Å². The minimum atomic E-state index is -0.541. The van der Waals surface area contributed by atoms with Crippen molar-refractivity contribution in [2.75, 3.05) is 13.7 Å². The van der Waals surface area contributed by atoms with E-state index >= 15 is 0 Å². The van der Waals surface area contributed by atoms with Gasteiger partial charge in [0, 0.05) is 19.2 Å². The van der Waals surface area contributed by atoms with Crippen LogP contribution in [0.4, 0.5) is 0 Å². The summed E-state index contributed by atoms with van der Waals surface area (Å²) in [7, 11) is 1.71. The molecule has 0 saturated heterocycles. The second kappa shape index (κ2) is 10.4. The molecule has 0 aliphatic rings. The largest absolute Gasteiger partial charge is 0.489 e. The summed E-state index contributed by atoms with van der Waals surface area (Å²) in [6.45, 7) is 4.44. The van der Waals surface area contributed by atoms with Gasteiger partial charge in [-0.2, -0.15) is 0 Å². The smallest absolute Gasteiger partial charge is 0.339 e. The van der Waals surface area contributed by atoms with Crippen LogP contribution in [0.3, 0.4) is 0 Å². The van der Waals surface area contributed by atoms with Crippen molar-refractivity contribution < 1.29 is 19.1 Å². The average molecular weight is 418 g/mol. The number of carbonyl (C=O) groups excluding carboxylic acids is 2. The van der Waals surface area contributed by atoms with Gasteiger partial charge in [-0.15, -0.1) is 0 Å². The van der Waals surface area contributed by atoms with Crippen LogP contribution in [0.15, 0.2) is 72.8 Å². The maximum atomic E-state index is 12.6. The van der Waals surface area contributed by atoms with Gasteiger partial charge in [0.2, 0.25) is 0 Å². The molecule has 0 spiro atoms. The highest BCUT2D eigenvalue weighted by Crippen LogP contribution is 2.16. The van der Waals surface area contributed by atoms with Crippen LogP contribution in [0.5, 0.6) is 5.75 Å². The van der Waals surface area contributed by atoms with E-state index in [4.69, 9.17) is 9.47 Å². The number of ether oxygens (including phenoxy) is 2. The quantitative estimate of drug-likeness (QED) is 0.499. The van der Waals surface area contributed by atoms with Crippen molar-refractivity contribution in [3.63, 3.8) is 0 Å². The Morgan fingerprint density at radius 2 is 1.58 bits per heavy atom. The third-order valence-corrected chi connectivity index (χ3v) is 5.03. The van der Waals surface area contributed by atoms with E-state index in [1.165, 1.54) is 5.56 Å². The lowest BCUT2D eigenvalue weighted by Gasteiger charge is -2.19. The first-order chi connectivity index (χ1) is 14.9. The van der Waals surface area contributed by atoms with Crippen molar-refractivity contribution in [1.82, 2.24) is 4.90 Å². The molecule has 0 atom stereocenters. The lowest BCUT2D eigenvalue weighted by molar-refractivity contribution is -0.133. The van der Waals surface area contributed by atoms with Crippen LogP contribution >= 0.6 is 0 Å². The number of para-hydroxylation sites is 1. The molecule has 3 rings (SSSR count). The van der Waals surface area contributed by atoms with Crippen LogP contribution in [0, 0.1) is 13.8 Å². The molecule has 0 unspecified atom stereocenters. The number of likely N-dealkylation sites (N-methyl/N-ethyl adjacent to an activating group) is 1. The Labute approximate surface area is 183 Å². The van der Waals surface area contributed by atoms with Gasteiger partial charge in [-0.1, -0.05) is 60.2 Å². The molecule has 0 radical (unpaired) electrons. The predicted molar refractivity (Wildman–Crippen MR) is 120 cm³/mol. The maximum absolute atomic E-state index is 12.6. The summed E-state index contributed by atoms with van der Waals surface area (Å²) in [5, 5.41) is 0. The van der Waals surface area contributed by atoms with Crippen molar-refractivity contribution in [3.8, 4) is 5.75 Å². The van der Waals surface area contributed by atoms with Crippen LogP contribution in [0.2, 0.25) is 0 Å². The van der Waals surface area contributed by atoms with Gasteiger partial charge >= 0.3 is 5.97 Å². The Kier molecular flexibility index (Phi) is 7.44. The molecule has 31 heavy (non-hydrogen) atoms. The summed E-state index contributed by atoms with van der Waals surface area (Å²) >= 11 is 0. The molecule has 3 aromatic carbocycles. The molecule has 0 N–H and O–H groups in total. The zero-order valence-electron chi connectivity index (χ0n) is 18.1. The Morgan fingerprint density at radius 3 is 2.32 bits per heavy atom. The van der Waals surface area contributed by atoms with Gasteiger partial charge in [-0.25, -0.2) is 4.79 Å². The zero-order chi connectivity index (χ0) is 22.2. The van der Waals surface area contributed by atoms with Crippen LogP contribution in [0.25, 0.3) is 0 Å². The van der Waals surface area contributed by atoms with E-state index in [0.717, 1.165) is 11.1 Å². The fourth-order valence-corrected chi connectivity index (χ4v) is 3.21. The Bertz CT molecular complexity index is 1050. The van der Waals surface area contributed by atoms with Gasteiger partial charge in [0.25, 0.3) is 5.91 Å². The summed E-state index contributed by atoms with van der Waals surface area (Å²) in [5.74, 6) is -0.0826. The number of rotatable bonds is 8. The lowest BCUT2D eigenvalue weighted by atomic mass is 10.1. The number of hydrogen-bond donors (Lipinski definition) is 0. The van der Waals surface area contributed by atoms with E-state index in [1.807, 2.05) is 68.4 Å². The molecule has 0 bridgehead atoms. The first kappa shape index (κ1) is 22.1. The molecule has 3 aromatic rings. The summed E-state index contributed by atoms with van der Waals surface area (Å²) < 4.78 is 11.1. The second-order valence-electron chi connectivity index (χ2n) is 7.51. The second-order valence-corrected chi connectivity index (χ2v) is 7.51. The minimum absolute atomic E-state index is 0.232. The molecule has 0 aromatic heterocycles. The highest BCUT2D eigenvalue weighted by Gasteiger charge is 2.17. The van der Waals surface area contributed by atoms with Gasteiger partial charge in [0.15, 0.2) is 6.61 Å². The Hall–Kier alpha value is -3.60. The molecule has 0 heterocycles. The third kappa shape index (κ3) is 6.19. The van der Waals surface area contributed by atoms with Crippen molar-refractivity contribution in [1.29, 1.82) is 0 Å². The molecule has 0 saturated carbocycles. The molecule has 160 valence electrons. The lowest BCUT2D eigenvalue weighted by Crippen LogP contribution is -2.31. The van der Waals surface area contributed by atoms with E-state index in [1.54, 1.807) is 24.1 Å². The SMILES string of the molecule is Cc1ccc(CN(C)C(=O)COC(=O)c2ccccc2COc2ccccc2)c(C)c1. The molecular formula is C26H27NO4. The number of hydrogen-bond acceptors (Lipinski definition) is 4. The summed E-state index contributed by atoms with van der Waals surface area (Å²) in [6, 6.07) is 22.6. The number of carbonyl (C=O) groups is 2. The number of esters is 1. The normalized spacial score (nSPS) is 10.4. The first-order valence-electron chi connectivity index (χ1n) is 10.2. The van der Waals surface area contributed by atoms with Crippen molar-refractivity contribution in [2.45, 2.75) is 27.0 Å². The minimum Gasteiger partial charge on any atom is -0.489 e. The van der Waals surface area contributed by atoms with E-state index in [0.29, 0.717) is 23.4 Å². The van der Waals surface area contributed by atoms with Crippen molar-refractivity contribution in [3.05, 3.63) is 101 Å². The van der Waals surface area contributed by atoms with Crippen LogP contribution in [0.1, 0.15) is 32.6 Å². The van der Waals surface area contributed by atoms with Crippen molar-refractivity contribution >= 4 is 11.9 Å². The maximum Gasteiger partial charge on any atom is 0.339 e. The van der Waals surface area contributed by atoms with Gasteiger partial charge in [0.05, 0.1) is 5.56 Å².